The van der Waals surface area contributed by atoms with Gasteiger partial charge in [0.15, 0.2) is 10.6 Å². The Bertz CT molecular complexity index is 874. The Morgan fingerprint density at radius 3 is 2.67 bits per heavy atom. The second-order valence-electron chi connectivity index (χ2n) is 5.62. The molecule has 0 radical (unpaired) electrons. The molecule has 5 heteroatoms. The number of fused-ring (bicyclic) bond motifs is 1. The average molecular weight is 298 g/mol. The van der Waals surface area contributed by atoms with Gasteiger partial charge in [-0.25, -0.2) is 0 Å². The number of nitrogens with zero attached hydrogens (tertiary/aromatic N) is 3. The number of hydrogen-bond acceptors (Lipinski definition) is 3. The summed E-state index contributed by atoms with van der Waals surface area (Å²) in [6, 6.07) is 8.39. The van der Waals surface area contributed by atoms with Crippen molar-refractivity contribution in [3.05, 3.63) is 40.3 Å². The van der Waals surface area contributed by atoms with E-state index in [-0.39, 0.29) is 0 Å². The minimum Gasteiger partial charge on any atom is -0.303 e. The summed E-state index contributed by atoms with van der Waals surface area (Å²) < 4.78 is 2.51. The van der Waals surface area contributed by atoms with Crippen LogP contribution in [0.1, 0.15) is 31.0 Å². The number of benzene rings is 1. The predicted octanol–water partition coefficient (Wildman–Crippen LogP) is 4.12. The molecule has 21 heavy (non-hydrogen) atoms. The van der Waals surface area contributed by atoms with Gasteiger partial charge < -0.3 is 4.57 Å². The molecule has 3 aromatic rings. The van der Waals surface area contributed by atoms with Crippen molar-refractivity contribution in [1.29, 1.82) is 0 Å². The van der Waals surface area contributed by atoms with Gasteiger partial charge in [0.05, 0.1) is 5.52 Å². The third-order valence-corrected chi connectivity index (χ3v) is 4.11. The molecule has 0 spiro atoms. The monoisotopic (exact) mass is 298 g/mol. The first-order valence-electron chi connectivity index (χ1n) is 7.01. The fraction of sp³-hybridized carbons (Fsp3) is 0.312. The van der Waals surface area contributed by atoms with Gasteiger partial charge in [0, 0.05) is 23.7 Å². The smallest absolute Gasteiger partial charge is 0.195 e. The Kier molecular flexibility index (Phi) is 3.37. The molecule has 2 heterocycles. The first-order chi connectivity index (χ1) is 9.99. The Morgan fingerprint density at radius 2 is 2.05 bits per heavy atom. The van der Waals surface area contributed by atoms with Crippen LogP contribution in [-0.4, -0.2) is 19.7 Å². The maximum Gasteiger partial charge on any atom is 0.195 e. The Balaban J connectivity index is 2.41. The van der Waals surface area contributed by atoms with Crippen LogP contribution in [-0.2, 0) is 7.05 Å². The summed E-state index contributed by atoms with van der Waals surface area (Å²) >= 11 is 5.23. The highest BCUT2D eigenvalue weighted by Gasteiger charge is 2.14. The quantitative estimate of drug-likeness (QED) is 0.724. The molecule has 0 amide bonds. The van der Waals surface area contributed by atoms with Crippen LogP contribution in [0.2, 0.25) is 0 Å². The highest BCUT2D eigenvalue weighted by atomic mass is 32.1. The number of aromatic nitrogens is 4. The Morgan fingerprint density at radius 1 is 1.29 bits per heavy atom. The summed E-state index contributed by atoms with van der Waals surface area (Å²) in [5, 5.41) is 8.34. The molecule has 4 nitrogen and oxygen atoms in total. The Hall–Kier alpha value is -2.01. The minimum atomic E-state index is 0.429. The van der Waals surface area contributed by atoms with Crippen molar-refractivity contribution in [1.82, 2.24) is 19.7 Å². The van der Waals surface area contributed by atoms with E-state index in [0.29, 0.717) is 10.7 Å². The zero-order valence-electron chi connectivity index (χ0n) is 12.6. The lowest BCUT2D eigenvalue weighted by Gasteiger charge is -2.13. The highest BCUT2D eigenvalue weighted by molar-refractivity contribution is 7.71. The number of aromatic amines is 1. The van der Waals surface area contributed by atoms with E-state index in [9.17, 15) is 0 Å². The molecule has 0 saturated carbocycles. The van der Waals surface area contributed by atoms with Gasteiger partial charge in [0.2, 0.25) is 0 Å². The molecule has 0 aliphatic heterocycles. The van der Waals surface area contributed by atoms with Crippen LogP contribution in [0, 0.1) is 11.7 Å². The molecule has 0 aliphatic carbocycles. The van der Waals surface area contributed by atoms with Crippen molar-refractivity contribution < 1.29 is 0 Å². The van der Waals surface area contributed by atoms with Gasteiger partial charge >= 0.3 is 0 Å². The first kappa shape index (κ1) is 13.9. The lowest BCUT2D eigenvalue weighted by molar-refractivity contribution is 0.871. The van der Waals surface area contributed by atoms with Crippen molar-refractivity contribution in [2.24, 2.45) is 7.05 Å². The van der Waals surface area contributed by atoms with E-state index in [4.69, 9.17) is 17.2 Å². The fourth-order valence-corrected chi connectivity index (χ4v) is 2.77. The van der Waals surface area contributed by atoms with E-state index in [1.165, 1.54) is 5.56 Å². The van der Waals surface area contributed by atoms with Crippen LogP contribution >= 0.6 is 12.2 Å². The number of rotatable bonds is 2. The number of para-hydroxylation sites is 1. The van der Waals surface area contributed by atoms with E-state index in [2.05, 4.69) is 48.3 Å². The van der Waals surface area contributed by atoms with E-state index in [0.717, 1.165) is 28.0 Å². The summed E-state index contributed by atoms with van der Waals surface area (Å²) in [7, 11) is 1.93. The van der Waals surface area contributed by atoms with E-state index < -0.39 is 0 Å². The van der Waals surface area contributed by atoms with Crippen molar-refractivity contribution >= 4 is 23.1 Å². The van der Waals surface area contributed by atoms with Crippen LogP contribution in [0.5, 0.6) is 0 Å². The molecule has 1 N–H and O–H groups in total. The maximum atomic E-state index is 5.23. The van der Waals surface area contributed by atoms with Crippen molar-refractivity contribution in [3.63, 3.8) is 0 Å². The fourth-order valence-electron chi connectivity index (χ4n) is 2.64. The van der Waals surface area contributed by atoms with Gasteiger partial charge in [-0.1, -0.05) is 32.0 Å². The molecule has 0 fully saturated rings. The lowest BCUT2D eigenvalue weighted by atomic mass is 9.97. The molecule has 3 rings (SSSR count). The second kappa shape index (κ2) is 5.07. The predicted molar refractivity (Wildman–Crippen MR) is 88.0 cm³/mol. The second-order valence-corrected chi connectivity index (χ2v) is 6.01. The van der Waals surface area contributed by atoms with Gasteiger partial charge in [-0.05, 0) is 36.7 Å². The minimum absolute atomic E-state index is 0.429. The molecular weight excluding hydrogens is 280 g/mol. The molecule has 2 aromatic heterocycles. The summed E-state index contributed by atoms with van der Waals surface area (Å²) in [6.07, 6.45) is 0. The number of hydrogen-bond donors (Lipinski definition) is 1. The van der Waals surface area contributed by atoms with Crippen molar-refractivity contribution in [3.8, 4) is 11.4 Å². The Labute approximate surface area is 128 Å². The maximum absolute atomic E-state index is 5.23. The molecule has 0 bridgehead atoms. The molecule has 0 unspecified atom stereocenters. The van der Waals surface area contributed by atoms with Gasteiger partial charge in [-0.2, -0.15) is 5.10 Å². The van der Waals surface area contributed by atoms with Gasteiger partial charge in [0.1, 0.15) is 0 Å². The van der Waals surface area contributed by atoms with Crippen LogP contribution in [0.25, 0.3) is 22.3 Å². The normalized spacial score (nSPS) is 11.5. The van der Waals surface area contributed by atoms with Crippen molar-refractivity contribution in [2.45, 2.75) is 26.7 Å². The van der Waals surface area contributed by atoms with Crippen molar-refractivity contribution in [2.75, 3.05) is 0 Å². The third-order valence-electron chi connectivity index (χ3n) is 3.74. The molecule has 0 atom stereocenters. The molecular formula is C16H18N4S. The van der Waals surface area contributed by atoms with E-state index in [1.807, 2.05) is 18.5 Å². The molecule has 1 aromatic carbocycles. The van der Waals surface area contributed by atoms with Crippen LogP contribution in [0.3, 0.4) is 0 Å². The van der Waals surface area contributed by atoms with Crippen LogP contribution in [0.4, 0.5) is 0 Å². The summed E-state index contributed by atoms with van der Waals surface area (Å²) in [5.41, 5.74) is 4.36. The molecule has 108 valence electrons. The number of aryl methyl sites for hydroxylation is 1. The first-order valence-corrected chi connectivity index (χ1v) is 7.42. The van der Waals surface area contributed by atoms with Gasteiger partial charge in [-0.3, -0.25) is 10.1 Å². The molecule has 0 saturated heterocycles. The highest BCUT2D eigenvalue weighted by Crippen LogP contribution is 2.31. The van der Waals surface area contributed by atoms with Gasteiger partial charge in [0.25, 0.3) is 0 Å². The van der Waals surface area contributed by atoms with E-state index >= 15 is 0 Å². The van der Waals surface area contributed by atoms with Crippen LogP contribution < -0.4 is 0 Å². The summed E-state index contributed by atoms with van der Waals surface area (Å²) in [5.74, 6) is 1.27. The van der Waals surface area contributed by atoms with E-state index in [1.54, 1.807) is 0 Å². The zero-order valence-corrected chi connectivity index (χ0v) is 13.5. The topological polar surface area (TPSA) is 46.5 Å². The number of nitrogens with one attached hydrogen (secondary N) is 1. The average Bonchev–Trinajstić information content (AvgIpc) is 2.77. The molecule has 0 aliphatic rings. The summed E-state index contributed by atoms with van der Waals surface area (Å²) in [4.78, 5) is 4.75. The number of H-pyrrole nitrogens is 1. The van der Waals surface area contributed by atoms with Crippen LogP contribution in [0.15, 0.2) is 24.3 Å². The van der Waals surface area contributed by atoms with Gasteiger partial charge in [-0.15, -0.1) is 0 Å². The standard InChI is InChI=1S/C16H18N4S/c1-9(2)11-6-5-7-12-13(8-10(3)17-14(11)12)15-18-19-16(21)20(15)4/h5-9H,1-4H3,(H,19,21). The largest absolute Gasteiger partial charge is 0.303 e. The summed E-state index contributed by atoms with van der Waals surface area (Å²) in [6.45, 7) is 6.39. The zero-order chi connectivity index (χ0) is 15.1. The SMILES string of the molecule is Cc1cc(-c2n[nH]c(=S)n2C)c2cccc(C(C)C)c2n1. The third kappa shape index (κ3) is 2.27. The lowest BCUT2D eigenvalue weighted by Crippen LogP contribution is -1.98. The number of pyridine rings is 1.